The van der Waals surface area contributed by atoms with Crippen LogP contribution in [0.15, 0.2) is 35.5 Å². The van der Waals surface area contributed by atoms with Gasteiger partial charge >= 0.3 is 0 Å². The molecular weight excluding hydrogens is 402 g/mol. The number of hydrogen-bond acceptors (Lipinski definition) is 9. The third-order valence-corrected chi connectivity index (χ3v) is 4.98. The highest BCUT2D eigenvalue weighted by Crippen LogP contribution is 2.21. The Bertz CT molecular complexity index is 1030. The Morgan fingerprint density at radius 1 is 1.17 bits per heavy atom. The van der Waals surface area contributed by atoms with E-state index in [1.165, 1.54) is 16.7 Å². The van der Waals surface area contributed by atoms with Crippen molar-refractivity contribution in [3.63, 3.8) is 0 Å². The molecule has 0 bridgehead atoms. The maximum Gasteiger partial charge on any atom is 0.261 e. The van der Waals surface area contributed by atoms with E-state index in [1.54, 1.807) is 4.40 Å². The molecule has 1 aromatic carbocycles. The van der Waals surface area contributed by atoms with Gasteiger partial charge < -0.3 is 15.5 Å². The normalized spacial score (nSPS) is 10.6. The number of fused-ring (bicyclic) bond motifs is 1. The SMILES string of the molecule is CCNc1nc(NCC)n2c(SCC(=O)N(CC#N)Cc3ccccc3)nnc2n1. The molecule has 3 rings (SSSR count). The quantitative estimate of drug-likeness (QED) is 0.371. The average Bonchev–Trinajstić information content (AvgIpc) is 3.16. The first kappa shape index (κ1) is 21.3. The molecule has 0 spiro atoms. The van der Waals surface area contributed by atoms with Crippen molar-refractivity contribution in [2.75, 3.05) is 36.0 Å². The molecule has 3 aromatic rings. The van der Waals surface area contributed by atoms with Crippen LogP contribution in [0.3, 0.4) is 0 Å². The second kappa shape index (κ2) is 10.4. The molecule has 0 radical (unpaired) electrons. The van der Waals surface area contributed by atoms with Crippen molar-refractivity contribution in [1.82, 2.24) is 29.5 Å². The first-order valence-corrected chi connectivity index (χ1v) is 10.6. The van der Waals surface area contributed by atoms with Crippen molar-refractivity contribution in [3.05, 3.63) is 35.9 Å². The summed E-state index contributed by atoms with van der Waals surface area (Å²) in [5.41, 5.74) is 0.970. The summed E-state index contributed by atoms with van der Waals surface area (Å²) in [6.45, 7) is 5.66. The van der Waals surface area contributed by atoms with E-state index < -0.39 is 0 Å². The Labute approximate surface area is 178 Å². The molecule has 10 nitrogen and oxygen atoms in total. The maximum atomic E-state index is 12.8. The molecule has 0 atom stereocenters. The highest BCUT2D eigenvalue weighted by molar-refractivity contribution is 7.99. The fourth-order valence-corrected chi connectivity index (χ4v) is 3.57. The lowest BCUT2D eigenvalue weighted by molar-refractivity contribution is -0.128. The number of nitrogens with one attached hydrogen (secondary N) is 2. The molecule has 30 heavy (non-hydrogen) atoms. The van der Waals surface area contributed by atoms with E-state index in [0.717, 1.165) is 5.56 Å². The van der Waals surface area contributed by atoms with Crippen LogP contribution in [0, 0.1) is 11.3 Å². The summed E-state index contributed by atoms with van der Waals surface area (Å²) in [5.74, 6) is 1.37. The van der Waals surface area contributed by atoms with E-state index >= 15 is 0 Å². The highest BCUT2D eigenvalue weighted by atomic mass is 32.2. The fourth-order valence-electron chi connectivity index (χ4n) is 2.74. The minimum absolute atomic E-state index is 0.0205. The predicted octanol–water partition coefficient (Wildman–Crippen LogP) is 2.03. The number of carbonyl (C=O) groups excluding carboxylic acids is 1. The largest absolute Gasteiger partial charge is 0.355 e. The van der Waals surface area contributed by atoms with Crippen LogP contribution in [-0.4, -0.2) is 60.8 Å². The summed E-state index contributed by atoms with van der Waals surface area (Å²) in [6, 6.07) is 11.7. The summed E-state index contributed by atoms with van der Waals surface area (Å²) in [4.78, 5) is 23.1. The van der Waals surface area contributed by atoms with Crippen molar-refractivity contribution in [2.45, 2.75) is 25.5 Å². The van der Waals surface area contributed by atoms with E-state index in [-0.39, 0.29) is 18.2 Å². The average molecular weight is 426 g/mol. The van der Waals surface area contributed by atoms with E-state index in [4.69, 9.17) is 5.26 Å². The molecule has 156 valence electrons. The summed E-state index contributed by atoms with van der Waals surface area (Å²) in [7, 11) is 0. The van der Waals surface area contributed by atoms with Gasteiger partial charge in [0.2, 0.25) is 17.8 Å². The number of amides is 1. The Hall–Kier alpha value is -3.39. The summed E-state index contributed by atoms with van der Waals surface area (Å²) >= 11 is 1.24. The number of hydrogen-bond donors (Lipinski definition) is 2. The zero-order chi connectivity index (χ0) is 21.3. The number of benzene rings is 1. The first-order chi connectivity index (χ1) is 14.7. The summed E-state index contributed by atoms with van der Waals surface area (Å²) in [6.07, 6.45) is 0. The van der Waals surface area contributed by atoms with Gasteiger partial charge in [-0.25, -0.2) is 4.40 Å². The minimum Gasteiger partial charge on any atom is -0.355 e. The number of anilines is 2. The van der Waals surface area contributed by atoms with Crippen molar-refractivity contribution < 1.29 is 4.79 Å². The predicted molar refractivity (Wildman–Crippen MR) is 115 cm³/mol. The highest BCUT2D eigenvalue weighted by Gasteiger charge is 2.18. The molecule has 0 unspecified atom stereocenters. The molecule has 2 aromatic heterocycles. The number of aromatic nitrogens is 5. The van der Waals surface area contributed by atoms with Crippen LogP contribution in [0.2, 0.25) is 0 Å². The van der Waals surface area contributed by atoms with E-state index in [1.807, 2.05) is 44.2 Å². The lowest BCUT2D eigenvalue weighted by Gasteiger charge is -2.19. The van der Waals surface area contributed by atoms with Crippen molar-refractivity contribution >= 4 is 35.3 Å². The molecule has 0 fully saturated rings. The van der Waals surface area contributed by atoms with Gasteiger partial charge in [-0.15, -0.1) is 10.2 Å². The van der Waals surface area contributed by atoms with Crippen LogP contribution in [0.1, 0.15) is 19.4 Å². The summed E-state index contributed by atoms with van der Waals surface area (Å²) in [5, 5.41) is 24.2. The molecule has 1 amide bonds. The molecular formula is C19H23N9OS. The Morgan fingerprint density at radius 3 is 2.63 bits per heavy atom. The fraction of sp³-hybridized carbons (Fsp3) is 0.368. The van der Waals surface area contributed by atoms with Crippen LogP contribution < -0.4 is 10.6 Å². The first-order valence-electron chi connectivity index (χ1n) is 9.58. The maximum absolute atomic E-state index is 12.8. The van der Waals surface area contributed by atoms with Gasteiger partial charge in [0, 0.05) is 19.6 Å². The van der Waals surface area contributed by atoms with Gasteiger partial charge in [0.05, 0.1) is 11.8 Å². The molecule has 0 saturated carbocycles. The van der Waals surface area contributed by atoms with Gasteiger partial charge in [0.1, 0.15) is 6.54 Å². The molecule has 0 aliphatic carbocycles. The molecule has 2 heterocycles. The lowest BCUT2D eigenvalue weighted by atomic mass is 10.2. The van der Waals surface area contributed by atoms with Crippen molar-refractivity contribution in [2.24, 2.45) is 0 Å². The smallest absolute Gasteiger partial charge is 0.261 e. The Balaban J connectivity index is 1.76. The molecule has 0 aliphatic heterocycles. The van der Waals surface area contributed by atoms with E-state index in [0.29, 0.717) is 42.5 Å². The molecule has 0 aliphatic rings. The molecule has 2 N–H and O–H groups in total. The van der Waals surface area contributed by atoms with Gasteiger partial charge in [-0.3, -0.25) is 4.79 Å². The standard InChI is InChI=1S/C19H23N9OS/c1-3-21-16-23-17(22-4-2)28-18(24-16)25-26-19(28)30-13-15(29)27(11-10-20)12-14-8-6-5-7-9-14/h5-9H,3-4,11-13H2,1-2H3,(H2,21,22,23,24,25). The van der Waals surface area contributed by atoms with Crippen LogP contribution in [0.5, 0.6) is 0 Å². The summed E-state index contributed by atoms with van der Waals surface area (Å²) < 4.78 is 1.69. The van der Waals surface area contributed by atoms with Crippen LogP contribution in [-0.2, 0) is 11.3 Å². The number of nitriles is 1. The second-order valence-electron chi connectivity index (χ2n) is 6.23. The van der Waals surface area contributed by atoms with Gasteiger partial charge in [0.15, 0.2) is 5.16 Å². The third kappa shape index (κ3) is 5.15. The van der Waals surface area contributed by atoms with Crippen LogP contribution in [0.25, 0.3) is 5.78 Å². The Kier molecular flexibility index (Phi) is 7.40. The Morgan fingerprint density at radius 2 is 1.93 bits per heavy atom. The molecule has 0 saturated heterocycles. The molecule has 11 heteroatoms. The lowest BCUT2D eigenvalue weighted by Crippen LogP contribution is -2.32. The van der Waals surface area contributed by atoms with Gasteiger partial charge in [-0.2, -0.15) is 15.2 Å². The van der Waals surface area contributed by atoms with Crippen LogP contribution >= 0.6 is 11.8 Å². The second-order valence-corrected chi connectivity index (χ2v) is 7.17. The monoisotopic (exact) mass is 425 g/mol. The zero-order valence-corrected chi connectivity index (χ0v) is 17.7. The topological polar surface area (TPSA) is 124 Å². The number of carbonyl (C=O) groups is 1. The van der Waals surface area contributed by atoms with Gasteiger partial charge in [-0.1, -0.05) is 42.1 Å². The third-order valence-electron chi connectivity index (χ3n) is 4.07. The number of thioether (sulfide) groups is 1. The number of rotatable bonds is 10. The van der Waals surface area contributed by atoms with Gasteiger partial charge in [-0.05, 0) is 19.4 Å². The minimum atomic E-state index is -0.155. The van der Waals surface area contributed by atoms with E-state index in [2.05, 4.69) is 36.9 Å². The van der Waals surface area contributed by atoms with E-state index in [9.17, 15) is 4.79 Å². The van der Waals surface area contributed by atoms with Crippen LogP contribution in [0.4, 0.5) is 11.9 Å². The van der Waals surface area contributed by atoms with Gasteiger partial charge in [0.25, 0.3) is 5.78 Å². The van der Waals surface area contributed by atoms with Crippen molar-refractivity contribution in [3.8, 4) is 6.07 Å². The van der Waals surface area contributed by atoms with Crippen molar-refractivity contribution in [1.29, 1.82) is 5.26 Å². The number of nitrogens with zero attached hydrogens (tertiary/aromatic N) is 7. The zero-order valence-electron chi connectivity index (χ0n) is 16.9.